The quantitative estimate of drug-likeness (QED) is 0.729. The summed E-state index contributed by atoms with van der Waals surface area (Å²) in [6.45, 7) is 4.90. The fourth-order valence-electron chi connectivity index (χ4n) is 3.32. The van der Waals surface area contributed by atoms with Crippen molar-refractivity contribution in [3.05, 3.63) is 40.4 Å². The lowest BCUT2D eigenvalue weighted by Crippen LogP contribution is -2.43. The van der Waals surface area contributed by atoms with Crippen LogP contribution < -0.4 is 10.9 Å². The van der Waals surface area contributed by atoms with Crippen molar-refractivity contribution in [3.63, 3.8) is 0 Å². The van der Waals surface area contributed by atoms with Gasteiger partial charge in [-0.05, 0) is 37.8 Å². The summed E-state index contributed by atoms with van der Waals surface area (Å²) in [6.07, 6.45) is 4.51. The Morgan fingerprint density at radius 1 is 1.25 bits per heavy atom. The van der Waals surface area contributed by atoms with Gasteiger partial charge in [-0.25, -0.2) is 22.7 Å². The normalized spacial score (nSPS) is 16.2. The Balaban J connectivity index is 1.61. The standard InChI is InChI=1S/C19H27N5O3S/c1-3-11-28(26,27)24-9-7-16(8-10-24)21-17-6-5-14(13-20-17)19-22-15(4-2)12-18(25)23-19/h5-6,12-13,16H,3-4,7-11H2,1-2H3,(H,20,21)(H,22,23,25). The highest BCUT2D eigenvalue weighted by Gasteiger charge is 2.27. The SMILES string of the molecule is CCCS(=O)(=O)N1CCC(Nc2ccc(-c3nc(CC)cc(=O)[nH]3)cn2)CC1. The van der Waals surface area contributed by atoms with Gasteiger partial charge in [0, 0.05) is 42.7 Å². The highest BCUT2D eigenvalue weighted by molar-refractivity contribution is 7.89. The van der Waals surface area contributed by atoms with E-state index < -0.39 is 10.0 Å². The molecular formula is C19H27N5O3S. The van der Waals surface area contributed by atoms with Gasteiger partial charge in [-0.1, -0.05) is 13.8 Å². The van der Waals surface area contributed by atoms with Crippen molar-refractivity contribution >= 4 is 15.8 Å². The van der Waals surface area contributed by atoms with E-state index in [9.17, 15) is 13.2 Å². The molecule has 8 nitrogen and oxygen atoms in total. The second-order valence-corrected chi connectivity index (χ2v) is 9.09. The molecule has 3 heterocycles. The molecule has 0 bridgehead atoms. The summed E-state index contributed by atoms with van der Waals surface area (Å²) in [7, 11) is -3.12. The number of hydrogen-bond donors (Lipinski definition) is 2. The summed E-state index contributed by atoms with van der Waals surface area (Å²) < 4.78 is 25.9. The first-order valence-electron chi connectivity index (χ1n) is 9.72. The van der Waals surface area contributed by atoms with Crippen LogP contribution in [0.3, 0.4) is 0 Å². The van der Waals surface area contributed by atoms with E-state index in [0.29, 0.717) is 31.8 Å². The van der Waals surface area contributed by atoms with Crippen LogP contribution in [-0.2, 0) is 16.4 Å². The van der Waals surface area contributed by atoms with Crippen LogP contribution in [0.5, 0.6) is 0 Å². The molecular weight excluding hydrogens is 378 g/mol. The van der Waals surface area contributed by atoms with Crippen molar-refractivity contribution in [1.29, 1.82) is 0 Å². The van der Waals surface area contributed by atoms with Gasteiger partial charge in [-0.2, -0.15) is 0 Å². The lowest BCUT2D eigenvalue weighted by molar-refractivity contribution is 0.329. The number of H-pyrrole nitrogens is 1. The Labute approximate surface area is 165 Å². The van der Waals surface area contributed by atoms with Crippen LogP contribution in [0.1, 0.15) is 38.8 Å². The number of pyridine rings is 1. The molecule has 9 heteroatoms. The fourth-order valence-corrected chi connectivity index (χ4v) is 4.86. The molecule has 2 aromatic heterocycles. The zero-order valence-corrected chi connectivity index (χ0v) is 17.1. The molecule has 152 valence electrons. The zero-order chi connectivity index (χ0) is 20.1. The highest BCUT2D eigenvalue weighted by Crippen LogP contribution is 2.20. The largest absolute Gasteiger partial charge is 0.367 e. The first kappa shape index (κ1) is 20.5. The van der Waals surface area contributed by atoms with Gasteiger partial charge < -0.3 is 10.3 Å². The van der Waals surface area contributed by atoms with Crippen LogP contribution in [0.15, 0.2) is 29.2 Å². The van der Waals surface area contributed by atoms with Gasteiger partial charge in [0.2, 0.25) is 10.0 Å². The van der Waals surface area contributed by atoms with E-state index in [1.54, 1.807) is 10.5 Å². The number of rotatable bonds is 7. The molecule has 0 atom stereocenters. The van der Waals surface area contributed by atoms with E-state index in [2.05, 4.69) is 20.3 Å². The Morgan fingerprint density at radius 2 is 2.00 bits per heavy atom. The van der Waals surface area contributed by atoms with Crippen LogP contribution in [-0.4, -0.2) is 52.6 Å². The number of nitrogens with zero attached hydrogens (tertiary/aromatic N) is 3. The number of piperidine rings is 1. The van der Waals surface area contributed by atoms with Gasteiger partial charge >= 0.3 is 0 Å². The summed E-state index contributed by atoms with van der Waals surface area (Å²) in [6, 6.07) is 5.41. The Morgan fingerprint density at radius 3 is 2.61 bits per heavy atom. The number of nitrogens with one attached hydrogen (secondary N) is 2. The molecule has 0 radical (unpaired) electrons. The predicted octanol–water partition coefficient (Wildman–Crippen LogP) is 2.01. The van der Waals surface area contributed by atoms with Gasteiger partial charge in [-0.15, -0.1) is 0 Å². The summed E-state index contributed by atoms with van der Waals surface area (Å²) >= 11 is 0. The average Bonchev–Trinajstić information content (AvgIpc) is 2.68. The van der Waals surface area contributed by atoms with Crippen LogP contribution in [0.25, 0.3) is 11.4 Å². The Bertz CT molecular complexity index is 948. The van der Waals surface area contributed by atoms with Crippen molar-refractivity contribution in [2.24, 2.45) is 0 Å². The van der Waals surface area contributed by atoms with Crippen molar-refractivity contribution in [1.82, 2.24) is 19.3 Å². The molecule has 0 aliphatic carbocycles. The number of sulfonamides is 1. The average molecular weight is 406 g/mol. The predicted molar refractivity (Wildman–Crippen MR) is 110 cm³/mol. The molecule has 0 amide bonds. The third kappa shape index (κ3) is 4.96. The van der Waals surface area contributed by atoms with E-state index >= 15 is 0 Å². The van der Waals surface area contributed by atoms with Gasteiger partial charge in [0.15, 0.2) is 0 Å². The minimum absolute atomic E-state index is 0.172. The van der Waals surface area contributed by atoms with E-state index in [4.69, 9.17) is 0 Å². The minimum atomic E-state index is -3.12. The molecule has 3 rings (SSSR count). The maximum Gasteiger partial charge on any atom is 0.251 e. The summed E-state index contributed by atoms with van der Waals surface area (Å²) in [5, 5.41) is 3.37. The summed E-state index contributed by atoms with van der Waals surface area (Å²) in [5.41, 5.74) is 1.32. The van der Waals surface area contributed by atoms with Crippen LogP contribution in [0, 0.1) is 0 Å². The van der Waals surface area contributed by atoms with E-state index in [-0.39, 0.29) is 17.4 Å². The lowest BCUT2D eigenvalue weighted by Gasteiger charge is -2.31. The number of hydrogen-bond acceptors (Lipinski definition) is 6. The molecule has 0 unspecified atom stereocenters. The second-order valence-electron chi connectivity index (χ2n) is 7.00. The fraction of sp³-hybridized carbons (Fsp3) is 0.526. The van der Waals surface area contributed by atoms with E-state index in [0.717, 1.165) is 29.9 Å². The number of aryl methyl sites for hydroxylation is 1. The molecule has 1 saturated heterocycles. The molecule has 1 aliphatic rings. The number of anilines is 1. The van der Waals surface area contributed by atoms with Crippen molar-refractivity contribution in [2.45, 2.75) is 45.6 Å². The monoisotopic (exact) mass is 405 g/mol. The molecule has 1 aliphatic heterocycles. The van der Waals surface area contributed by atoms with Gasteiger partial charge in [0.25, 0.3) is 5.56 Å². The molecule has 0 saturated carbocycles. The first-order chi connectivity index (χ1) is 13.4. The van der Waals surface area contributed by atoms with Crippen LogP contribution >= 0.6 is 0 Å². The van der Waals surface area contributed by atoms with Gasteiger partial charge in [0.1, 0.15) is 11.6 Å². The number of aromatic amines is 1. The second kappa shape index (κ2) is 8.83. The molecule has 28 heavy (non-hydrogen) atoms. The maximum absolute atomic E-state index is 12.2. The Kier molecular flexibility index (Phi) is 6.46. The smallest absolute Gasteiger partial charge is 0.251 e. The first-order valence-corrected chi connectivity index (χ1v) is 11.3. The van der Waals surface area contributed by atoms with E-state index in [1.165, 1.54) is 6.07 Å². The third-order valence-electron chi connectivity index (χ3n) is 4.86. The third-order valence-corrected chi connectivity index (χ3v) is 6.93. The number of aromatic nitrogens is 3. The zero-order valence-electron chi connectivity index (χ0n) is 16.3. The van der Waals surface area contributed by atoms with Crippen LogP contribution in [0.4, 0.5) is 5.82 Å². The topological polar surface area (TPSA) is 108 Å². The molecule has 2 aromatic rings. The van der Waals surface area contributed by atoms with Crippen LogP contribution in [0.2, 0.25) is 0 Å². The summed E-state index contributed by atoms with van der Waals surface area (Å²) in [5.74, 6) is 1.45. The molecule has 2 N–H and O–H groups in total. The Hall–Kier alpha value is -2.26. The molecule has 1 fully saturated rings. The van der Waals surface area contributed by atoms with E-state index in [1.807, 2.05) is 26.0 Å². The minimum Gasteiger partial charge on any atom is -0.367 e. The van der Waals surface area contributed by atoms with Crippen molar-refractivity contribution in [3.8, 4) is 11.4 Å². The van der Waals surface area contributed by atoms with Gasteiger partial charge in [-0.3, -0.25) is 4.79 Å². The highest BCUT2D eigenvalue weighted by atomic mass is 32.2. The molecule has 0 aromatic carbocycles. The van der Waals surface area contributed by atoms with Crippen molar-refractivity contribution < 1.29 is 8.42 Å². The molecule has 0 spiro atoms. The van der Waals surface area contributed by atoms with Gasteiger partial charge in [0.05, 0.1) is 5.75 Å². The lowest BCUT2D eigenvalue weighted by atomic mass is 10.1. The maximum atomic E-state index is 12.2. The summed E-state index contributed by atoms with van der Waals surface area (Å²) in [4.78, 5) is 23.3. The van der Waals surface area contributed by atoms with Crippen molar-refractivity contribution in [2.75, 3.05) is 24.2 Å².